The molecule has 1 aromatic carbocycles. The maximum Gasteiger partial charge on any atom is 0.360 e. The van der Waals surface area contributed by atoms with Crippen molar-refractivity contribution in [3.63, 3.8) is 0 Å². The van der Waals surface area contributed by atoms with Gasteiger partial charge >= 0.3 is 11.7 Å². The quantitative estimate of drug-likeness (QED) is 0.678. The number of halogens is 2. The Labute approximate surface area is 114 Å². The fourth-order valence-corrected chi connectivity index (χ4v) is 1.39. The first-order valence-electron chi connectivity index (χ1n) is 5.25. The number of carbonyl (C=O) groups is 1. The molecule has 21 heavy (non-hydrogen) atoms. The van der Waals surface area contributed by atoms with E-state index in [0.717, 1.165) is 12.4 Å². The molecule has 108 valence electrons. The minimum atomic E-state index is -1.49. The second-order valence-electron chi connectivity index (χ2n) is 3.61. The van der Waals surface area contributed by atoms with Gasteiger partial charge in [0.15, 0.2) is 11.6 Å². The van der Waals surface area contributed by atoms with Gasteiger partial charge in [-0.05, 0) is 0 Å². The number of hydrogen-bond acceptors (Lipinski definition) is 6. The minimum absolute atomic E-state index is 0.321. The van der Waals surface area contributed by atoms with Crippen molar-refractivity contribution in [1.82, 2.24) is 9.97 Å². The molecule has 0 saturated heterocycles. The Kier molecular flexibility index (Phi) is 3.69. The molecule has 2 aromatic rings. The van der Waals surface area contributed by atoms with E-state index in [4.69, 9.17) is 9.84 Å². The van der Waals surface area contributed by atoms with Gasteiger partial charge in [-0.3, -0.25) is 10.1 Å². The van der Waals surface area contributed by atoms with Crippen LogP contribution in [-0.2, 0) is 0 Å². The number of ether oxygens (including phenoxy) is 1. The zero-order valence-electron chi connectivity index (χ0n) is 9.99. The smallest absolute Gasteiger partial charge is 0.360 e. The Morgan fingerprint density at radius 2 is 1.90 bits per heavy atom. The summed E-state index contributed by atoms with van der Waals surface area (Å²) in [7, 11) is 0. The van der Waals surface area contributed by atoms with Gasteiger partial charge in [0.05, 0.1) is 11.0 Å². The second-order valence-corrected chi connectivity index (χ2v) is 3.61. The lowest BCUT2D eigenvalue weighted by Gasteiger charge is -2.07. The first-order valence-corrected chi connectivity index (χ1v) is 5.25. The molecule has 0 radical (unpaired) electrons. The number of carboxylic acids is 1. The summed E-state index contributed by atoms with van der Waals surface area (Å²) in [6.45, 7) is 0. The van der Waals surface area contributed by atoms with E-state index >= 15 is 0 Å². The average molecular weight is 297 g/mol. The predicted molar refractivity (Wildman–Crippen MR) is 62.1 cm³/mol. The van der Waals surface area contributed by atoms with Crippen LogP contribution in [0.1, 0.15) is 10.5 Å². The van der Waals surface area contributed by atoms with Crippen LogP contribution in [0.5, 0.6) is 11.6 Å². The molecule has 8 nitrogen and oxygen atoms in total. The molecule has 0 fully saturated rings. The van der Waals surface area contributed by atoms with Crippen LogP contribution in [0, 0.1) is 21.7 Å². The van der Waals surface area contributed by atoms with Gasteiger partial charge in [0.1, 0.15) is 0 Å². The third kappa shape index (κ3) is 2.88. The monoisotopic (exact) mass is 297 g/mol. The standard InChI is InChI=1S/C11H5F2N3O5/c12-5-4-8(6(13)3-7(5)16(19)20)21-10-9(11(17)18)14-1-2-15-10/h1-4H,(H,17,18). The molecule has 0 unspecified atom stereocenters. The summed E-state index contributed by atoms with van der Waals surface area (Å²) in [5, 5.41) is 19.3. The number of rotatable bonds is 4. The van der Waals surface area contributed by atoms with Crippen LogP contribution < -0.4 is 4.74 Å². The van der Waals surface area contributed by atoms with E-state index in [1.54, 1.807) is 0 Å². The lowest BCUT2D eigenvalue weighted by atomic mass is 10.3. The molecule has 0 bridgehead atoms. The van der Waals surface area contributed by atoms with Crippen molar-refractivity contribution in [2.45, 2.75) is 0 Å². The lowest BCUT2D eigenvalue weighted by molar-refractivity contribution is -0.387. The van der Waals surface area contributed by atoms with Crippen LogP contribution in [0.2, 0.25) is 0 Å². The molecular weight excluding hydrogens is 292 g/mol. The summed E-state index contributed by atoms with van der Waals surface area (Å²) < 4.78 is 31.8. The Hall–Kier alpha value is -3.17. The van der Waals surface area contributed by atoms with Gasteiger partial charge in [0, 0.05) is 18.5 Å². The third-order valence-electron chi connectivity index (χ3n) is 2.27. The summed E-state index contributed by atoms with van der Waals surface area (Å²) in [4.78, 5) is 27.2. The SMILES string of the molecule is O=C(O)c1nccnc1Oc1cc(F)c([N+](=O)[O-])cc1F. The Bertz CT molecular complexity index is 738. The average Bonchev–Trinajstić information content (AvgIpc) is 2.42. The fourth-order valence-electron chi connectivity index (χ4n) is 1.39. The molecule has 1 N–H and O–H groups in total. The Morgan fingerprint density at radius 1 is 1.24 bits per heavy atom. The van der Waals surface area contributed by atoms with E-state index in [0.29, 0.717) is 12.1 Å². The van der Waals surface area contributed by atoms with Crippen molar-refractivity contribution >= 4 is 11.7 Å². The van der Waals surface area contributed by atoms with Crippen molar-refractivity contribution in [3.8, 4) is 11.6 Å². The molecular formula is C11H5F2N3O5. The lowest BCUT2D eigenvalue weighted by Crippen LogP contribution is -2.05. The number of carboxylic acid groups (broad SMARTS) is 1. The Morgan fingerprint density at radius 3 is 2.52 bits per heavy atom. The number of nitrogens with zero attached hydrogens (tertiary/aromatic N) is 3. The van der Waals surface area contributed by atoms with Crippen LogP contribution in [0.4, 0.5) is 14.5 Å². The highest BCUT2D eigenvalue weighted by molar-refractivity contribution is 5.87. The number of aromatic nitrogens is 2. The van der Waals surface area contributed by atoms with E-state index in [-0.39, 0.29) is 0 Å². The zero-order chi connectivity index (χ0) is 15.6. The molecule has 2 rings (SSSR count). The molecule has 0 spiro atoms. The molecule has 0 aliphatic carbocycles. The zero-order valence-corrected chi connectivity index (χ0v) is 9.99. The van der Waals surface area contributed by atoms with Crippen molar-refractivity contribution < 1.29 is 28.3 Å². The minimum Gasteiger partial charge on any atom is -0.476 e. The van der Waals surface area contributed by atoms with Gasteiger partial charge in [-0.15, -0.1) is 0 Å². The largest absolute Gasteiger partial charge is 0.476 e. The van der Waals surface area contributed by atoms with E-state index in [1.165, 1.54) is 0 Å². The third-order valence-corrected chi connectivity index (χ3v) is 2.27. The summed E-state index contributed by atoms with van der Waals surface area (Å²) >= 11 is 0. The molecule has 0 aliphatic rings. The second kappa shape index (κ2) is 5.45. The summed E-state index contributed by atoms with van der Waals surface area (Å²) in [5.41, 5.74) is -1.69. The highest BCUT2D eigenvalue weighted by Crippen LogP contribution is 2.30. The molecule has 0 amide bonds. The van der Waals surface area contributed by atoms with Crippen LogP contribution >= 0.6 is 0 Å². The van der Waals surface area contributed by atoms with Crippen molar-refractivity contribution in [2.24, 2.45) is 0 Å². The number of aromatic carboxylic acids is 1. The predicted octanol–water partition coefficient (Wildman–Crippen LogP) is 2.15. The molecule has 1 aromatic heterocycles. The first kappa shape index (κ1) is 14.2. The van der Waals surface area contributed by atoms with Crippen LogP contribution in [0.3, 0.4) is 0 Å². The summed E-state index contributed by atoms with van der Waals surface area (Å²) in [6, 6.07) is 0.745. The van der Waals surface area contributed by atoms with Crippen molar-refractivity contribution in [3.05, 3.63) is 52.0 Å². The summed E-state index contributed by atoms with van der Waals surface area (Å²) in [5.74, 6) is -5.39. The van der Waals surface area contributed by atoms with Crippen LogP contribution in [0.25, 0.3) is 0 Å². The van der Waals surface area contributed by atoms with Gasteiger partial charge in [0.25, 0.3) is 5.88 Å². The van der Waals surface area contributed by atoms with Gasteiger partial charge in [-0.2, -0.15) is 4.39 Å². The fraction of sp³-hybridized carbons (Fsp3) is 0. The number of nitro benzene ring substituents is 1. The van der Waals surface area contributed by atoms with E-state index < -0.39 is 45.5 Å². The first-order chi connectivity index (χ1) is 9.90. The Balaban J connectivity index is 2.44. The van der Waals surface area contributed by atoms with Crippen LogP contribution in [0.15, 0.2) is 24.5 Å². The van der Waals surface area contributed by atoms with Crippen molar-refractivity contribution in [2.75, 3.05) is 0 Å². The molecule has 10 heteroatoms. The maximum atomic E-state index is 13.6. The molecule has 0 saturated carbocycles. The normalized spacial score (nSPS) is 10.2. The molecule has 0 atom stereocenters. The van der Waals surface area contributed by atoms with E-state index in [1.807, 2.05) is 0 Å². The van der Waals surface area contributed by atoms with E-state index in [2.05, 4.69) is 9.97 Å². The van der Waals surface area contributed by atoms with Gasteiger partial charge in [-0.1, -0.05) is 0 Å². The van der Waals surface area contributed by atoms with Crippen LogP contribution in [-0.4, -0.2) is 26.0 Å². The van der Waals surface area contributed by atoms with E-state index in [9.17, 15) is 23.7 Å². The van der Waals surface area contributed by atoms with Gasteiger partial charge in [-0.25, -0.2) is 19.2 Å². The number of hydrogen-bond donors (Lipinski definition) is 1. The van der Waals surface area contributed by atoms with Crippen molar-refractivity contribution in [1.29, 1.82) is 0 Å². The highest BCUT2D eigenvalue weighted by Gasteiger charge is 2.22. The highest BCUT2D eigenvalue weighted by atomic mass is 19.1. The van der Waals surface area contributed by atoms with Gasteiger partial charge < -0.3 is 9.84 Å². The summed E-state index contributed by atoms with van der Waals surface area (Å²) in [6.07, 6.45) is 2.16. The number of benzene rings is 1. The molecule has 1 heterocycles. The topological polar surface area (TPSA) is 115 Å². The van der Waals surface area contributed by atoms with Gasteiger partial charge in [0.2, 0.25) is 11.5 Å². The maximum absolute atomic E-state index is 13.6. The number of nitro groups is 1. The molecule has 0 aliphatic heterocycles.